The fraction of sp³-hybridized carbons (Fsp3) is 0.462. The van der Waals surface area contributed by atoms with Gasteiger partial charge in [-0.05, 0) is 24.5 Å². The van der Waals surface area contributed by atoms with Crippen molar-refractivity contribution in [2.45, 2.75) is 25.4 Å². The summed E-state index contributed by atoms with van der Waals surface area (Å²) in [6.45, 7) is 2.09. The van der Waals surface area contributed by atoms with E-state index in [9.17, 15) is 4.79 Å². The molecule has 0 saturated carbocycles. The molecule has 1 unspecified atom stereocenters. The van der Waals surface area contributed by atoms with Crippen LogP contribution in [0.2, 0.25) is 0 Å². The average molecular weight is 222 g/mol. The fourth-order valence-electron chi connectivity index (χ4n) is 1.59. The number of ether oxygens (including phenoxy) is 2. The van der Waals surface area contributed by atoms with Crippen LogP contribution in [0.1, 0.15) is 19.8 Å². The Kier molecular flexibility index (Phi) is 4.50. The topological polar surface area (TPSA) is 35.5 Å². The van der Waals surface area contributed by atoms with E-state index in [4.69, 9.17) is 4.74 Å². The number of carbonyl (C=O) groups excluding carboxylic acids is 1. The van der Waals surface area contributed by atoms with Crippen molar-refractivity contribution in [3.8, 4) is 0 Å². The molecule has 3 nitrogen and oxygen atoms in total. The average Bonchev–Trinajstić information content (AvgIpc) is 2.36. The van der Waals surface area contributed by atoms with Crippen LogP contribution in [0.4, 0.5) is 0 Å². The summed E-state index contributed by atoms with van der Waals surface area (Å²) in [5, 5.41) is 0. The van der Waals surface area contributed by atoms with E-state index in [1.807, 2.05) is 12.2 Å². The highest BCUT2D eigenvalue weighted by Gasteiger charge is 2.24. The minimum atomic E-state index is -0.339. The predicted molar refractivity (Wildman–Crippen MR) is 63.0 cm³/mol. The van der Waals surface area contributed by atoms with Gasteiger partial charge in [-0.15, -0.1) is 0 Å². The second kappa shape index (κ2) is 5.66. The van der Waals surface area contributed by atoms with E-state index in [-0.39, 0.29) is 11.6 Å². The Morgan fingerprint density at radius 3 is 2.75 bits per heavy atom. The normalized spacial score (nSPS) is 24.6. The quantitative estimate of drug-likeness (QED) is 0.541. The van der Waals surface area contributed by atoms with Gasteiger partial charge in [-0.25, -0.2) is 4.79 Å². The van der Waals surface area contributed by atoms with Crippen molar-refractivity contribution in [1.29, 1.82) is 0 Å². The molecule has 0 saturated heterocycles. The fourth-order valence-corrected chi connectivity index (χ4v) is 1.59. The van der Waals surface area contributed by atoms with Gasteiger partial charge in [0.2, 0.25) is 0 Å². The number of hydrogen-bond acceptors (Lipinski definition) is 3. The third-order valence-electron chi connectivity index (χ3n) is 2.88. The van der Waals surface area contributed by atoms with Crippen molar-refractivity contribution in [3.05, 3.63) is 36.0 Å². The molecule has 16 heavy (non-hydrogen) atoms. The molecule has 1 atom stereocenters. The molecule has 0 aromatic rings. The lowest BCUT2D eigenvalue weighted by Gasteiger charge is -2.29. The van der Waals surface area contributed by atoms with E-state index in [1.165, 1.54) is 13.2 Å². The maximum absolute atomic E-state index is 10.9. The minimum Gasteiger partial charge on any atom is -0.466 e. The van der Waals surface area contributed by atoms with E-state index in [0.717, 1.165) is 18.4 Å². The molecule has 0 N–H and O–H groups in total. The van der Waals surface area contributed by atoms with Crippen molar-refractivity contribution in [2.75, 3.05) is 14.2 Å². The lowest BCUT2D eigenvalue weighted by Crippen LogP contribution is -2.28. The van der Waals surface area contributed by atoms with Crippen LogP contribution in [0.15, 0.2) is 36.0 Å². The molecule has 3 heteroatoms. The summed E-state index contributed by atoms with van der Waals surface area (Å²) >= 11 is 0. The summed E-state index contributed by atoms with van der Waals surface area (Å²) in [5.41, 5.74) is 0.828. The van der Waals surface area contributed by atoms with Crippen molar-refractivity contribution in [1.82, 2.24) is 0 Å². The Labute approximate surface area is 96.4 Å². The van der Waals surface area contributed by atoms with Gasteiger partial charge in [0.05, 0.1) is 12.7 Å². The second-order valence-electron chi connectivity index (χ2n) is 3.72. The zero-order chi connectivity index (χ0) is 12.0. The molecular weight excluding hydrogens is 204 g/mol. The van der Waals surface area contributed by atoms with Gasteiger partial charge in [-0.2, -0.15) is 0 Å². The second-order valence-corrected chi connectivity index (χ2v) is 3.72. The van der Waals surface area contributed by atoms with Gasteiger partial charge in [0.25, 0.3) is 0 Å². The number of carbonyl (C=O) groups is 1. The molecule has 0 radical (unpaired) electrons. The Bertz CT molecular complexity index is 333. The maximum Gasteiger partial charge on any atom is 0.330 e. The molecule has 88 valence electrons. The first kappa shape index (κ1) is 12.7. The SMILES string of the molecule is CCC1(OC)C=CC(C=CC(=O)OC)=CC1. The van der Waals surface area contributed by atoms with Crippen LogP contribution in [-0.2, 0) is 14.3 Å². The zero-order valence-corrected chi connectivity index (χ0v) is 10.0. The highest BCUT2D eigenvalue weighted by Crippen LogP contribution is 2.27. The van der Waals surface area contributed by atoms with E-state index in [2.05, 4.69) is 17.7 Å². The predicted octanol–water partition coefficient (Wildman–Crippen LogP) is 2.40. The smallest absolute Gasteiger partial charge is 0.330 e. The molecular formula is C13H18O3. The summed E-state index contributed by atoms with van der Waals surface area (Å²) in [6.07, 6.45) is 11.0. The van der Waals surface area contributed by atoms with Gasteiger partial charge in [0.1, 0.15) is 0 Å². The monoisotopic (exact) mass is 222 g/mol. The summed E-state index contributed by atoms with van der Waals surface area (Å²) < 4.78 is 10.00. The third kappa shape index (κ3) is 3.07. The molecule has 0 aliphatic heterocycles. The molecule has 1 aliphatic carbocycles. The maximum atomic E-state index is 10.9. The first-order chi connectivity index (χ1) is 7.65. The molecule has 0 aromatic heterocycles. The number of rotatable bonds is 4. The molecule has 0 aromatic carbocycles. The van der Waals surface area contributed by atoms with Gasteiger partial charge in [-0.1, -0.05) is 25.2 Å². The standard InChI is InChI=1S/C13H18O3/c1-4-13(16-3)9-7-11(8-10-13)5-6-12(14)15-2/h5-9H,4,10H2,1-3H3. The Morgan fingerprint density at radius 1 is 1.56 bits per heavy atom. The number of esters is 1. The minimum absolute atomic E-state index is 0.178. The van der Waals surface area contributed by atoms with Gasteiger partial charge in [-0.3, -0.25) is 0 Å². The Morgan fingerprint density at radius 2 is 2.31 bits per heavy atom. The van der Waals surface area contributed by atoms with Gasteiger partial charge >= 0.3 is 5.97 Å². The largest absolute Gasteiger partial charge is 0.466 e. The van der Waals surface area contributed by atoms with Crippen LogP contribution in [0, 0.1) is 0 Å². The highest BCUT2D eigenvalue weighted by molar-refractivity contribution is 5.82. The van der Waals surface area contributed by atoms with Crippen LogP contribution in [0.3, 0.4) is 0 Å². The van der Waals surface area contributed by atoms with Gasteiger partial charge < -0.3 is 9.47 Å². The van der Waals surface area contributed by atoms with Crippen LogP contribution in [0.25, 0.3) is 0 Å². The molecule has 0 spiro atoms. The van der Waals surface area contributed by atoms with Gasteiger partial charge in [0, 0.05) is 13.2 Å². The molecule has 1 rings (SSSR count). The summed E-state index contributed by atoms with van der Waals surface area (Å²) in [4.78, 5) is 10.9. The van der Waals surface area contributed by atoms with Crippen molar-refractivity contribution in [2.24, 2.45) is 0 Å². The highest BCUT2D eigenvalue weighted by atomic mass is 16.5. The number of allylic oxidation sites excluding steroid dienone is 3. The Hall–Kier alpha value is -1.35. The van der Waals surface area contributed by atoms with E-state index >= 15 is 0 Å². The molecule has 0 bridgehead atoms. The van der Waals surface area contributed by atoms with Crippen molar-refractivity contribution in [3.63, 3.8) is 0 Å². The van der Waals surface area contributed by atoms with E-state index in [0.29, 0.717) is 0 Å². The third-order valence-corrected chi connectivity index (χ3v) is 2.88. The lowest BCUT2D eigenvalue weighted by molar-refractivity contribution is -0.134. The Balaban J connectivity index is 2.64. The van der Waals surface area contributed by atoms with Gasteiger partial charge in [0.15, 0.2) is 0 Å². The summed E-state index contributed by atoms with van der Waals surface area (Å²) in [7, 11) is 3.09. The molecule has 0 fully saturated rings. The van der Waals surface area contributed by atoms with E-state index < -0.39 is 0 Å². The summed E-state index contributed by atoms with van der Waals surface area (Å²) in [5.74, 6) is -0.339. The van der Waals surface area contributed by atoms with Crippen LogP contribution in [-0.4, -0.2) is 25.8 Å². The first-order valence-electron chi connectivity index (χ1n) is 5.36. The summed E-state index contributed by atoms with van der Waals surface area (Å²) in [6, 6.07) is 0. The molecule has 0 heterocycles. The van der Waals surface area contributed by atoms with Crippen molar-refractivity contribution < 1.29 is 14.3 Å². The van der Waals surface area contributed by atoms with Crippen LogP contribution < -0.4 is 0 Å². The molecule has 1 aliphatic rings. The zero-order valence-electron chi connectivity index (χ0n) is 10.0. The molecule has 0 amide bonds. The van der Waals surface area contributed by atoms with E-state index in [1.54, 1.807) is 13.2 Å². The van der Waals surface area contributed by atoms with Crippen LogP contribution >= 0.6 is 0 Å². The number of hydrogen-bond donors (Lipinski definition) is 0. The number of methoxy groups -OCH3 is 2. The first-order valence-corrected chi connectivity index (χ1v) is 5.36. The van der Waals surface area contributed by atoms with Crippen molar-refractivity contribution >= 4 is 5.97 Å². The van der Waals surface area contributed by atoms with Crippen LogP contribution in [0.5, 0.6) is 0 Å². The lowest BCUT2D eigenvalue weighted by atomic mass is 9.89.